The molecule has 0 bridgehead atoms. The van der Waals surface area contributed by atoms with Gasteiger partial charge in [-0.2, -0.15) is 0 Å². The van der Waals surface area contributed by atoms with E-state index in [1.54, 1.807) is 0 Å². The molecular formula is C12H19N3O2. The van der Waals surface area contributed by atoms with E-state index in [-0.39, 0.29) is 5.91 Å². The first-order chi connectivity index (χ1) is 8.24. The number of hydrogen-bond acceptors (Lipinski definition) is 4. The largest absolute Gasteiger partial charge is 0.359 e. The number of aromatic nitrogens is 1. The molecule has 2 heterocycles. The fraction of sp³-hybridized carbons (Fsp3) is 0.667. The van der Waals surface area contributed by atoms with Crippen molar-refractivity contribution in [2.45, 2.75) is 32.7 Å². The number of hydrogen-bond donors (Lipinski definition) is 2. The lowest BCUT2D eigenvalue weighted by Crippen LogP contribution is -2.34. The second-order valence-corrected chi connectivity index (χ2v) is 4.63. The van der Waals surface area contributed by atoms with Crippen molar-refractivity contribution in [2.75, 3.05) is 13.1 Å². The van der Waals surface area contributed by atoms with Gasteiger partial charge in [0, 0.05) is 12.5 Å². The average Bonchev–Trinajstić information content (AvgIpc) is 2.74. The van der Waals surface area contributed by atoms with Crippen molar-refractivity contribution in [1.29, 1.82) is 0 Å². The number of carbonyl (C=O) groups is 1. The molecule has 1 fully saturated rings. The number of nitrogens with one attached hydrogen (secondary N) is 2. The second-order valence-electron chi connectivity index (χ2n) is 4.63. The van der Waals surface area contributed by atoms with Crippen molar-refractivity contribution in [3.8, 4) is 0 Å². The summed E-state index contributed by atoms with van der Waals surface area (Å²) >= 11 is 0. The van der Waals surface area contributed by atoms with Crippen molar-refractivity contribution >= 4 is 5.91 Å². The van der Waals surface area contributed by atoms with Crippen molar-refractivity contribution in [1.82, 2.24) is 15.8 Å². The molecule has 5 nitrogen and oxygen atoms in total. The summed E-state index contributed by atoms with van der Waals surface area (Å²) in [6.45, 7) is 4.33. The maximum Gasteiger partial charge on any atom is 0.220 e. The van der Waals surface area contributed by atoms with E-state index in [0.29, 0.717) is 24.6 Å². The minimum Gasteiger partial charge on any atom is -0.359 e. The van der Waals surface area contributed by atoms with Gasteiger partial charge in [0.1, 0.15) is 0 Å². The van der Waals surface area contributed by atoms with Gasteiger partial charge in [-0.05, 0) is 38.8 Å². The summed E-state index contributed by atoms with van der Waals surface area (Å²) in [5.41, 5.74) is 0.839. The second kappa shape index (κ2) is 5.82. The fourth-order valence-corrected chi connectivity index (χ4v) is 2.12. The molecule has 0 radical (unpaired) electrons. The molecule has 94 valence electrons. The summed E-state index contributed by atoms with van der Waals surface area (Å²) in [5, 5.41) is 9.94. The highest BCUT2D eigenvalue weighted by Gasteiger charge is 2.16. The molecule has 2 rings (SSSR count). The minimum atomic E-state index is 0.0905. The molecule has 1 aliphatic rings. The van der Waals surface area contributed by atoms with Crippen LogP contribution in [0.25, 0.3) is 0 Å². The van der Waals surface area contributed by atoms with Gasteiger partial charge < -0.3 is 15.2 Å². The molecule has 2 N–H and O–H groups in total. The van der Waals surface area contributed by atoms with Crippen molar-refractivity contribution in [3.63, 3.8) is 0 Å². The van der Waals surface area contributed by atoms with Crippen LogP contribution in [0.5, 0.6) is 0 Å². The molecule has 17 heavy (non-hydrogen) atoms. The van der Waals surface area contributed by atoms with E-state index in [0.717, 1.165) is 25.2 Å². The molecule has 0 saturated carbocycles. The van der Waals surface area contributed by atoms with Crippen LogP contribution in [-0.4, -0.2) is 24.2 Å². The van der Waals surface area contributed by atoms with E-state index in [9.17, 15) is 4.79 Å². The van der Waals surface area contributed by atoms with E-state index in [2.05, 4.69) is 15.8 Å². The van der Waals surface area contributed by atoms with E-state index in [4.69, 9.17) is 4.52 Å². The van der Waals surface area contributed by atoms with Crippen LogP contribution in [0.1, 0.15) is 30.7 Å². The SMILES string of the molecule is Cc1cc(CNC(=O)CC2CCCNC2)on1. The van der Waals surface area contributed by atoms with Gasteiger partial charge in [-0.1, -0.05) is 5.16 Å². The quantitative estimate of drug-likeness (QED) is 0.819. The van der Waals surface area contributed by atoms with E-state index < -0.39 is 0 Å². The lowest BCUT2D eigenvalue weighted by Gasteiger charge is -2.21. The third-order valence-corrected chi connectivity index (χ3v) is 3.01. The third kappa shape index (κ3) is 3.85. The monoisotopic (exact) mass is 237 g/mol. The fourth-order valence-electron chi connectivity index (χ4n) is 2.12. The smallest absolute Gasteiger partial charge is 0.220 e. The Balaban J connectivity index is 1.70. The molecule has 0 spiro atoms. The number of rotatable bonds is 4. The predicted octanol–water partition coefficient (Wildman–Crippen LogP) is 0.989. The van der Waals surface area contributed by atoms with E-state index in [1.807, 2.05) is 13.0 Å². The van der Waals surface area contributed by atoms with Crippen LogP contribution in [0.2, 0.25) is 0 Å². The van der Waals surface area contributed by atoms with Crippen LogP contribution in [0.15, 0.2) is 10.6 Å². The maximum absolute atomic E-state index is 11.7. The number of nitrogens with zero attached hydrogens (tertiary/aromatic N) is 1. The van der Waals surface area contributed by atoms with Gasteiger partial charge in [0.05, 0.1) is 12.2 Å². The Morgan fingerprint density at radius 3 is 3.24 bits per heavy atom. The number of carbonyl (C=O) groups excluding carboxylic acids is 1. The number of aryl methyl sites for hydroxylation is 1. The summed E-state index contributed by atoms with van der Waals surface area (Å²) in [4.78, 5) is 11.7. The standard InChI is InChI=1S/C12H19N3O2/c1-9-5-11(17-15-9)8-14-12(16)6-10-3-2-4-13-7-10/h5,10,13H,2-4,6-8H2,1H3,(H,14,16). The van der Waals surface area contributed by atoms with Crippen molar-refractivity contribution in [2.24, 2.45) is 5.92 Å². The topological polar surface area (TPSA) is 67.2 Å². The predicted molar refractivity (Wildman–Crippen MR) is 63.3 cm³/mol. The summed E-state index contributed by atoms with van der Waals surface area (Å²) in [6, 6.07) is 1.84. The Labute approximate surface area is 101 Å². The highest BCUT2D eigenvalue weighted by atomic mass is 16.5. The molecule has 1 amide bonds. The molecule has 5 heteroatoms. The normalized spacial score (nSPS) is 20.2. The summed E-state index contributed by atoms with van der Waals surface area (Å²) in [5.74, 6) is 1.27. The van der Waals surface area contributed by atoms with Gasteiger partial charge in [-0.15, -0.1) is 0 Å². The molecule has 0 aliphatic carbocycles. The highest BCUT2D eigenvalue weighted by Crippen LogP contribution is 2.13. The Kier molecular flexibility index (Phi) is 4.14. The lowest BCUT2D eigenvalue weighted by atomic mass is 9.96. The van der Waals surface area contributed by atoms with Gasteiger partial charge in [0.2, 0.25) is 5.91 Å². The Hall–Kier alpha value is -1.36. The van der Waals surface area contributed by atoms with Gasteiger partial charge in [0.15, 0.2) is 5.76 Å². The first kappa shape index (κ1) is 12.1. The van der Waals surface area contributed by atoms with Crippen LogP contribution in [0, 0.1) is 12.8 Å². The molecule has 1 atom stereocenters. The van der Waals surface area contributed by atoms with E-state index in [1.165, 1.54) is 6.42 Å². The molecule has 1 saturated heterocycles. The summed E-state index contributed by atoms with van der Waals surface area (Å²) < 4.78 is 5.03. The molecule has 1 unspecified atom stereocenters. The van der Waals surface area contributed by atoms with E-state index >= 15 is 0 Å². The van der Waals surface area contributed by atoms with Crippen LogP contribution in [0.4, 0.5) is 0 Å². The molecular weight excluding hydrogens is 218 g/mol. The molecule has 0 aromatic carbocycles. The van der Waals surface area contributed by atoms with Gasteiger partial charge in [0.25, 0.3) is 0 Å². The van der Waals surface area contributed by atoms with Crippen LogP contribution < -0.4 is 10.6 Å². The lowest BCUT2D eigenvalue weighted by molar-refractivity contribution is -0.122. The Morgan fingerprint density at radius 1 is 1.71 bits per heavy atom. The number of amides is 1. The van der Waals surface area contributed by atoms with Crippen molar-refractivity contribution < 1.29 is 9.32 Å². The summed E-state index contributed by atoms with van der Waals surface area (Å²) in [6.07, 6.45) is 2.90. The molecule has 1 aliphatic heterocycles. The van der Waals surface area contributed by atoms with Gasteiger partial charge >= 0.3 is 0 Å². The highest BCUT2D eigenvalue weighted by molar-refractivity contribution is 5.76. The zero-order valence-corrected chi connectivity index (χ0v) is 10.2. The zero-order valence-electron chi connectivity index (χ0n) is 10.2. The minimum absolute atomic E-state index is 0.0905. The van der Waals surface area contributed by atoms with Gasteiger partial charge in [-0.3, -0.25) is 4.79 Å². The van der Waals surface area contributed by atoms with Crippen LogP contribution in [-0.2, 0) is 11.3 Å². The van der Waals surface area contributed by atoms with Crippen LogP contribution in [0.3, 0.4) is 0 Å². The first-order valence-electron chi connectivity index (χ1n) is 6.13. The van der Waals surface area contributed by atoms with Crippen molar-refractivity contribution in [3.05, 3.63) is 17.5 Å². The zero-order chi connectivity index (χ0) is 12.1. The van der Waals surface area contributed by atoms with Gasteiger partial charge in [-0.25, -0.2) is 0 Å². The Morgan fingerprint density at radius 2 is 2.59 bits per heavy atom. The first-order valence-corrected chi connectivity index (χ1v) is 6.13. The Bertz CT molecular complexity index is 370. The molecule has 1 aromatic heterocycles. The summed E-state index contributed by atoms with van der Waals surface area (Å²) in [7, 11) is 0. The number of piperidine rings is 1. The third-order valence-electron chi connectivity index (χ3n) is 3.01. The maximum atomic E-state index is 11.7. The molecule has 1 aromatic rings. The van der Waals surface area contributed by atoms with Crippen LogP contribution >= 0.6 is 0 Å². The average molecular weight is 237 g/mol.